The topological polar surface area (TPSA) is 67.6 Å². The number of hydrogen-bond acceptors (Lipinski definition) is 5. The molecule has 1 N–H and O–H groups in total. The molecule has 1 aliphatic rings. The van der Waals surface area contributed by atoms with Gasteiger partial charge < -0.3 is 9.26 Å². The lowest BCUT2D eigenvalue weighted by molar-refractivity contribution is -0.117. The maximum Gasteiger partial charge on any atom is 0.240 e. The summed E-state index contributed by atoms with van der Waals surface area (Å²) in [5.74, 6) is 1.16. The first-order chi connectivity index (χ1) is 12.3. The molecule has 0 atom stereocenters. The Morgan fingerprint density at radius 2 is 2.00 bits per heavy atom. The molecule has 0 radical (unpaired) electrons. The van der Waals surface area contributed by atoms with E-state index >= 15 is 0 Å². The first kappa shape index (κ1) is 18.5. The number of rotatable bonds is 7. The molecule has 0 saturated heterocycles. The van der Waals surface area contributed by atoms with E-state index in [1.807, 2.05) is 24.3 Å². The van der Waals surface area contributed by atoms with Crippen molar-refractivity contribution in [1.82, 2.24) is 10.1 Å². The van der Waals surface area contributed by atoms with Crippen LogP contribution in [0.25, 0.3) is 0 Å². The summed E-state index contributed by atoms with van der Waals surface area (Å²) in [5, 5.41) is 6.86. The summed E-state index contributed by atoms with van der Waals surface area (Å²) >= 11 is 0. The Morgan fingerprint density at radius 3 is 2.54 bits per heavy atom. The van der Waals surface area contributed by atoms with Gasteiger partial charge in [-0.15, -0.1) is 0 Å². The number of benzene rings is 1. The van der Waals surface area contributed by atoms with Crippen molar-refractivity contribution >= 4 is 11.8 Å². The molecule has 1 aromatic carbocycles. The van der Waals surface area contributed by atoms with Gasteiger partial charge >= 0.3 is 0 Å². The lowest BCUT2D eigenvalue weighted by Crippen LogP contribution is -2.34. The van der Waals surface area contributed by atoms with Crippen molar-refractivity contribution in [2.75, 3.05) is 19.0 Å². The van der Waals surface area contributed by atoms with E-state index < -0.39 is 0 Å². The van der Waals surface area contributed by atoms with Gasteiger partial charge in [0.15, 0.2) is 0 Å². The summed E-state index contributed by atoms with van der Waals surface area (Å²) in [6.45, 7) is 7.24. The average molecular weight is 357 g/mol. The van der Waals surface area contributed by atoms with Crippen molar-refractivity contribution in [3.05, 3.63) is 41.6 Å². The van der Waals surface area contributed by atoms with Gasteiger partial charge in [0.2, 0.25) is 11.8 Å². The molecular formula is C20H27N3O3. The van der Waals surface area contributed by atoms with Crippen molar-refractivity contribution in [1.29, 1.82) is 0 Å². The van der Waals surface area contributed by atoms with Crippen LogP contribution in [-0.2, 0) is 16.8 Å². The van der Waals surface area contributed by atoms with Crippen molar-refractivity contribution in [3.8, 4) is 5.75 Å². The van der Waals surface area contributed by atoms with Gasteiger partial charge in [-0.25, -0.2) is 0 Å². The van der Waals surface area contributed by atoms with E-state index in [4.69, 9.17) is 9.26 Å². The lowest BCUT2D eigenvalue weighted by Gasteiger charge is -2.21. The molecule has 0 aliphatic heterocycles. The summed E-state index contributed by atoms with van der Waals surface area (Å²) in [6, 6.07) is 10.2. The van der Waals surface area contributed by atoms with Crippen LogP contribution in [0.3, 0.4) is 0 Å². The molecule has 0 unspecified atom stereocenters. The largest absolute Gasteiger partial charge is 0.497 e. The Morgan fingerprint density at radius 1 is 1.31 bits per heavy atom. The molecule has 1 fully saturated rings. The lowest BCUT2D eigenvalue weighted by atomic mass is 9.92. The second-order valence-electron chi connectivity index (χ2n) is 7.86. The molecule has 6 heteroatoms. The van der Waals surface area contributed by atoms with Crippen LogP contribution in [0, 0.1) is 0 Å². The Balaban J connectivity index is 1.59. The SMILES string of the molecule is COc1ccc(CN(CC(=O)Nc2cc(C(C)(C)C)no2)C2CC2)cc1. The number of carbonyl (C=O) groups is 1. The first-order valence-corrected chi connectivity index (χ1v) is 8.99. The van der Waals surface area contributed by atoms with Gasteiger partial charge in [-0.2, -0.15) is 0 Å². The van der Waals surface area contributed by atoms with E-state index in [1.165, 1.54) is 5.56 Å². The molecule has 2 aromatic rings. The summed E-state index contributed by atoms with van der Waals surface area (Å²) in [5.41, 5.74) is 1.88. The normalized spacial score (nSPS) is 14.5. The highest BCUT2D eigenvalue weighted by Gasteiger charge is 2.30. The summed E-state index contributed by atoms with van der Waals surface area (Å²) in [4.78, 5) is 14.7. The zero-order chi connectivity index (χ0) is 18.7. The number of aromatic nitrogens is 1. The Bertz CT molecular complexity index is 742. The number of ether oxygens (including phenoxy) is 1. The second kappa shape index (κ2) is 7.50. The quantitative estimate of drug-likeness (QED) is 0.820. The van der Waals surface area contributed by atoms with Crippen LogP contribution in [0.1, 0.15) is 44.9 Å². The summed E-state index contributed by atoms with van der Waals surface area (Å²) in [6.07, 6.45) is 2.28. The van der Waals surface area contributed by atoms with Gasteiger partial charge in [-0.1, -0.05) is 38.1 Å². The number of hydrogen-bond donors (Lipinski definition) is 1. The Kier molecular flexibility index (Phi) is 5.32. The van der Waals surface area contributed by atoms with Crippen molar-refractivity contribution in [3.63, 3.8) is 0 Å². The fourth-order valence-electron chi connectivity index (χ4n) is 2.77. The maximum atomic E-state index is 12.4. The molecule has 0 bridgehead atoms. The van der Waals surface area contributed by atoms with Gasteiger partial charge in [0, 0.05) is 24.1 Å². The third-order valence-corrected chi connectivity index (χ3v) is 4.50. The van der Waals surface area contributed by atoms with Crippen LogP contribution >= 0.6 is 0 Å². The highest BCUT2D eigenvalue weighted by Crippen LogP contribution is 2.29. The number of nitrogens with zero attached hydrogens (tertiary/aromatic N) is 2. The Labute approximate surface area is 154 Å². The predicted molar refractivity (Wildman–Crippen MR) is 100 cm³/mol. The first-order valence-electron chi connectivity index (χ1n) is 8.99. The van der Waals surface area contributed by atoms with Crippen LogP contribution in [-0.4, -0.2) is 35.7 Å². The van der Waals surface area contributed by atoms with Crippen LogP contribution in [0.4, 0.5) is 5.88 Å². The highest BCUT2D eigenvalue weighted by molar-refractivity contribution is 5.91. The summed E-state index contributed by atoms with van der Waals surface area (Å²) in [7, 11) is 1.66. The number of methoxy groups -OCH3 is 1. The smallest absolute Gasteiger partial charge is 0.240 e. The number of anilines is 1. The molecule has 140 valence electrons. The predicted octanol–water partition coefficient (Wildman–Crippen LogP) is 3.58. The Hall–Kier alpha value is -2.34. The highest BCUT2D eigenvalue weighted by atomic mass is 16.5. The molecule has 1 heterocycles. The minimum atomic E-state index is -0.110. The number of nitrogens with one attached hydrogen (secondary N) is 1. The van der Waals surface area contributed by atoms with Crippen LogP contribution in [0.2, 0.25) is 0 Å². The molecule has 1 aromatic heterocycles. The van der Waals surface area contributed by atoms with E-state index in [1.54, 1.807) is 13.2 Å². The van der Waals surface area contributed by atoms with E-state index in [9.17, 15) is 4.79 Å². The minimum absolute atomic E-state index is 0.0815. The molecule has 1 amide bonds. The third kappa shape index (κ3) is 4.85. The zero-order valence-electron chi connectivity index (χ0n) is 15.9. The second-order valence-corrected chi connectivity index (χ2v) is 7.86. The minimum Gasteiger partial charge on any atom is -0.497 e. The number of amides is 1. The molecule has 1 saturated carbocycles. The zero-order valence-corrected chi connectivity index (χ0v) is 15.9. The third-order valence-electron chi connectivity index (χ3n) is 4.50. The van der Waals surface area contributed by atoms with Crippen LogP contribution < -0.4 is 10.1 Å². The monoisotopic (exact) mass is 357 g/mol. The molecule has 3 rings (SSSR count). The van der Waals surface area contributed by atoms with E-state index in [-0.39, 0.29) is 11.3 Å². The molecule has 1 aliphatic carbocycles. The molecular weight excluding hydrogens is 330 g/mol. The molecule has 0 spiro atoms. The fraction of sp³-hybridized carbons (Fsp3) is 0.500. The van der Waals surface area contributed by atoms with Crippen LogP contribution in [0.15, 0.2) is 34.9 Å². The standard InChI is InChI=1S/C20H27N3O3/c1-20(2,3)17-11-19(26-22-17)21-18(24)13-23(15-7-8-15)12-14-5-9-16(25-4)10-6-14/h5-6,9-11,15H,7-8,12-13H2,1-4H3,(H,21,24). The van der Waals surface area contributed by atoms with Gasteiger partial charge in [0.05, 0.1) is 19.3 Å². The van der Waals surface area contributed by atoms with Crippen molar-refractivity contribution in [2.45, 2.75) is 51.6 Å². The van der Waals surface area contributed by atoms with Gasteiger partial charge in [0.1, 0.15) is 5.75 Å². The molecule has 6 nitrogen and oxygen atoms in total. The van der Waals surface area contributed by atoms with Gasteiger partial charge in [-0.05, 0) is 30.5 Å². The van der Waals surface area contributed by atoms with Gasteiger partial charge in [-0.3, -0.25) is 15.0 Å². The van der Waals surface area contributed by atoms with Crippen molar-refractivity contribution in [2.24, 2.45) is 0 Å². The fourth-order valence-corrected chi connectivity index (χ4v) is 2.77. The van der Waals surface area contributed by atoms with Crippen molar-refractivity contribution < 1.29 is 14.1 Å². The average Bonchev–Trinajstić information content (AvgIpc) is 3.33. The van der Waals surface area contributed by atoms with E-state index in [2.05, 4.69) is 36.1 Å². The van der Waals surface area contributed by atoms with Crippen LogP contribution in [0.5, 0.6) is 5.75 Å². The van der Waals surface area contributed by atoms with Gasteiger partial charge in [0.25, 0.3) is 0 Å². The number of carbonyl (C=O) groups excluding carboxylic acids is 1. The summed E-state index contributed by atoms with van der Waals surface area (Å²) < 4.78 is 10.4. The molecule has 26 heavy (non-hydrogen) atoms. The van der Waals surface area contributed by atoms with E-state index in [0.717, 1.165) is 30.8 Å². The maximum absolute atomic E-state index is 12.4. The van der Waals surface area contributed by atoms with E-state index in [0.29, 0.717) is 18.5 Å².